The van der Waals surface area contributed by atoms with Crippen LogP contribution in [0.1, 0.15) is 18.5 Å². The minimum Gasteiger partial charge on any atom is -0.492 e. The third-order valence-electron chi connectivity index (χ3n) is 2.68. The van der Waals surface area contributed by atoms with Gasteiger partial charge >= 0.3 is 5.97 Å². The van der Waals surface area contributed by atoms with E-state index in [1.807, 2.05) is 0 Å². The monoisotopic (exact) mass is 373 g/mol. The molecule has 1 aromatic carbocycles. The van der Waals surface area contributed by atoms with E-state index in [2.05, 4.69) is 24.9 Å². The van der Waals surface area contributed by atoms with Crippen molar-refractivity contribution in [3.8, 4) is 5.75 Å². The Kier molecular flexibility index (Phi) is 6.21. The molecule has 0 bridgehead atoms. The lowest BCUT2D eigenvalue weighted by molar-refractivity contribution is -0.143. The average molecular weight is 374 g/mol. The summed E-state index contributed by atoms with van der Waals surface area (Å²) >= 11 is 11.7. The lowest BCUT2D eigenvalue weighted by Gasteiger charge is -2.07. The summed E-state index contributed by atoms with van der Waals surface area (Å²) in [5, 5.41) is 11.1. The molecule has 1 aromatic heterocycles. The standard InChI is InChI=1S/C13H13Cl2N5O4/c14-7-3-4-9(8(15)6-7)22-5-1-2-10(21)23-19-12(16)11-13(17)20-24-18-11/h3-4,6H,1-2,5H2,(H2,16,19)(H2,17,20). The molecular formula is C13H13Cl2N5O4. The largest absolute Gasteiger partial charge is 0.492 e. The normalized spacial score (nSPS) is 11.3. The van der Waals surface area contributed by atoms with E-state index < -0.39 is 5.97 Å². The van der Waals surface area contributed by atoms with Gasteiger partial charge < -0.3 is 21.0 Å². The molecule has 24 heavy (non-hydrogen) atoms. The lowest BCUT2D eigenvalue weighted by Crippen LogP contribution is -2.17. The van der Waals surface area contributed by atoms with E-state index in [1.54, 1.807) is 18.2 Å². The minimum absolute atomic E-state index is 0.00325. The van der Waals surface area contributed by atoms with E-state index in [4.69, 9.17) is 39.4 Å². The topological polar surface area (TPSA) is 139 Å². The summed E-state index contributed by atoms with van der Waals surface area (Å²) in [6, 6.07) is 4.86. The van der Waals surface area contributed by atoms with Crippen LogP contribution in [-0.4, -0.2) is 28.7 Å². The summed E-state index contributed by atoms with van der Waals surface area (Å²) in [4.78, 5) is 16.2. The first-order valence-electron chi connectivity index (χ1n) is 6.67. The van der Waals surface area contributed by atoms with Crippen LogP contribution in [0.4, 0.5) is 5.82 Å². The number of ether oxygens (including phenoxy) is 1. The number of rotatable bonds is 7. The van der Waals surface area contributed by atoms with Gasteiger partial charge in [0, 0.05) is 5.02 Å². The van der Waals surface area contributed by atoms with Crippen LogP contribution in [0.2, 0.25) is 10.0 Å². The van der Waals surface area contributed by atoms with Crippen LogP contribution >= 0.6 is 23.2 Å². The molecule has 2 aromatic rings. The van der Waals surface area contributed by atoms with Crippen LogP contribution in [0, 0.1) is 0 Å². The third kappa shape index (κ3) is 5.00. The van der Waals surface area contributed by atoms with Gasteiger partial charge in [-0.05, 0) is 34.9 Å². The van der Waals surface area contributed by atoms with Gasteiger partial charge in [-0.1, -0.05) is 28.4 Å². The van der Waals surface area contributed by atoms with E-state index in [-0.39, 0.29) is 30.4 Å². The summed E-state index contributed by atoms with van der Waals surface area (Å²) in [5.41, 5.74) is 11.0. The molecule has 0 radical (unpaired) electrons. The van der Waals surface area contributed by atoms with Gasteiger partial charge in [0.1, 0.15) is 5.75 Å². The Morgan fingerprint density at radius 3 is 2.79 bits per heavy atom. The Morgan fingerprint density at radius 2 is 2.12 bits per heavy atom. The third-order valence-corrected chi connectivity index (χ3v) is 3.21. The zero-order valence-electron chi connectivity index (χ0n) is 12.2. The lowest BCUT2D eigenvalue weighted by atomic mass is 10.3. The Bertz CT molecular complexity index is 750. The SMILES string of the molecule is N/C(=N/OC(=O)CCCOc1ccc(Cl)cc1Cl)c1nonc1N. The van der Waals surface area contributed by atoms with Gasteiger partial charge in [-0.2, -0.15) is 0 Å². The number of oxime groups is 1. The van der Waals surface area contributed by atoms with Crippen molar-refractivity contribution in [2.75, 3.05) is 12.3 Å². The van der Waals surface area contributed by atoms with E-state index in [0.717, 1.165) is 0 Å². The van der Waals surface area contributed by atoms with E-state index in [1.165, 1.54) is 0 Å². The van der Waals surface area contributed by atoms with Crippen LogP contribution in [-0.2, 0) is 9.63 Å². The van der Waals surface area contributed by atoms with Crippen molar-refractivity contribution in [3.63, 3.8) is 0 Å². The summed E-state index contributed by atoms with van der Waals surface area (Å²) in [6.45, 7) is 0.260. The maximum Gasteiger partial charge on any atom is 0.335 e. The van der Waals surface area contributed by atoms with Gasteiger partial charge in [0.15, 0.2) is 17.3 Å². The number of benzene rings is 1. The molecule has 0 amide bonds. The highest BCUT2D eigenvalue weighted by Crippen LogP contribution is 2.27. The fourth-order valence-corrected chi connectivity index (χ4v) is 2.02. The first-order chi connectivity index (χ1) is 11.5. The first kappa shape index (κ1) is 17.8. The molecular weight excluding hydrogens is 361 g/mol. The number of nitrogens with zero attached hydrogens (tertiary/aromatic N) is 3. The van der Waals surface area contributed by atoms with Crippen molar-refractivity contribution in [3.05, 3.63) is 33.9 Å². The first-order valence-corrected chi connectivity index (χ1v) is 7.42. The van der Waals surface area contributed by atoms with Crippen molar-refractivity contribution in [1.82, 2.24) is 10.3 Å². The molecule has 0 aliphatic carbocycles. The Labute approximate surface area is 146 Å². The number of nitrogens with two attached hydrogens (primary N) is 2. The van der Waals surface area contributed by atoms with Crippen molar-refractivity contribution >= 4 is 40.8 Å². The summed E-state index contributed by atoms with van der Waals surface area (Å²) in [5.74, 6) is -0.392. The second kappa shape index (κ2) is 8.37. The summed E-state index contributed by atoms with van der Waals surface area (Å²) in [7, 11) is 0. The second-order valence-electron chi connectivity index (χ2n) is 4.46. The van der Waals surface area contributed by atoms with E-state index in [0.29, 0.717) is 22.2 Å². The zero-order valence-corrected chi connectivity index (χ0v) is 13.8. The number of hydrogen-bond acceptors (Lipinski definition) is 8. The van der Waals surface area contributed by atoms with Crippen molar-refractivity contribution in [1.29, 1.82) is 0 Å². The Hall–Kier alpha value is -2.52. The van der Waals surface area contributed by atoms with Crippen LogP contribution < -0.4 is 16.2 Å². The smallest absolute Gasteiger partial charge is 0.335 e. The molecule has 0 spiro atoms. The number of amidine groups is 1. The van der Waals surface area contributed by atoms with Crippen LogP contribution in [0.15, 0.2) is 28.0 Å². The van der Waals surface area contributed by atoms with E-state index in [9.17, 15) is 4.79 Å². The molecule has 9 nitrogen and oxygen atoms in total. The summed E-state index contributed by atoms with van der Waals surface area (Å²) in [6.07, 6.45) is 0.454. The van der Waals surface area contributed by atoms with Gasteiger partial charge in [0.05, 0.1) is 18.1 Å². The fraction of sp³-hybridized carbons (Fsp3) is 0.231. The molecule has 0 saturated carbocycles. The van der Waals surface area contributed by atoms with Crippen LogP contribution in [0.25, 0.3) is 0 Å². The number of carbonyl (C=O) groups is 1. The summed E-state index contributed by atoms with van der Waals surface area (Å²) < 4.78 is 9.79. The maximum absolute atomic E-state index is 11.6. The molecule has 1 heterocycles. The van der Waals surface area contributed by atoms with Gasteiger partial charge in [-0.15, -0.1) is 0 Å². The maximum atomic E-state index is 11.6. The molecule has 2 rings (SSSR count). The number of nitrogen functional groups attached to an aromatic ring is 1. The predicted octanol–water partition coefficient (Wildman–Crippen LogP) is 1.98. The Balaban J connectivity index is 1.73. The molecule has 4 N–H and O–H groups in total. The second-order valence-corrected chi connectivity index (χ2v) is 5.31. The molecule has 0 unspecified atom stereocenters. The molecule has 0 fully saturated rings. The van der Waals surface area contributed by atoms with Crippen molar-refractivity contribution in [2.24, 2.45) is 10.9 Å². The molecule has 0 saturated heterocycles. The molecule has 0 aliphatic heterocycles. The average Bonchev–Trinajstić information content (AvgIpc) is 2.97. The molecule has 0 atom stereocenters. The number of halogens is 2. The van der Waals surface area contributed by atoms with Crippen LogP contribution in [0.3, 0.4) is 0 Å². The molecule has 11 heteroatoms. The van der Waals surface area contributed by atoms with E-state index >= 15 is 0 Å². The predicted molar refractivity (Wildman–Crippen MR) is 86.7 cm³/mol. The van der Waals surface area contributed by atoms with Gasteiger partial charge in [0.2, 0.25) is 0 Å². The van der Waals surface area contributed by atoms with Crippen molar-refractivity contribution < 1.29 is 19.0 Å². The number of carbonyl (C=O) groups excluding carboxylic acids is 1. The minimum atomic E-state index is -0.598. The Morgan fingerprint density at radius 1 is 1.33 bits per heavy atom. The number of aromatic nitrogens is 2. The highest BCUT2D eigenvalue weighted by molar-refractivity contribution is 6.35. The molecule has 0 aliphatic rings. The van der Waals surface area contributed by atoms with Crippen LogP contribution in [0.5, 0.6) is 5.75 Å². The fourth-order valence-electron chi connectivity index (χ4n) is 1.55. The number of hydrogen-bond donors (Lipinski definition) is 2. The highest BCUT2D eigenvalue weighted by Gasteiger charge is 2.12. The zero-order chi connectivity index (χ0) is 17.5. The molecule has 128 valence electrons. The number of anilines is 1. The van der Waals surface area contributed by atoms with Gasteiger partial charge in [0.25, 0.3) is 0 Å². The van der Waals surface area contributed by atoms with Gasteiger partial charge in [-0.3, -0.25) is 0 Å². The van der Waals surface area contributed by atoms with Crippen molar-refractivity contribution in [2.45, 2.75) is 12.8 Å². The highest BCUT2D eigenvalue weighted by atomic mass is 35.5. The quantitative estimate of drug-likeness (QED) is 0.247. The van der Waals surface area contributed by atoms with Gasteiger partial charge in [-0.25, -0.2) is 9.42 Å².